The molecule has 1 aromatic carbocycles. The monoisotopic (exact) mass is 204 g/mol. The van der Waals surface area contributed by atoms with Crippen molar-refractivity contribution in [3.63, 3.8) is 0 Å². The molecule has 0 spiro atoms. The van der Waals surface area contributed by atoms with E-state index in [4.69, 9.17) is 0 Å². The molecule has 2 heteroatoms. The first kappa shape index (κ1) is 10.2. The van der Waals surface area contributed by atoms with Crippen molar-refractivity contribution in [3.05, 3.63) is 29.8 Å². The summed E-state index contributed by atoms with van der Waals surface area (Å²) in [5.41, 5.74) is 1.04. The van der Waals surface area contributed by atoms with E-state index < -0.39 is 0 Å². The molecule has 0 saturated heterocycles. The second kappa shape index (κ2) is 4.47. The summed E-state index contributed by atoms with van der Waals surface area (Å²) in [6.07, 6.45) is 5.86. The highest BCUT2D eigenvalue weighted by Crippen LogP contribution is 2.36. The number of benzene rings is 1. The fourth-order valence-electron chi connectivity index (χ4n) is 2.47. The fraction of sp³-hybridized carbons (Fsp3) is 0.462. The summed E-state index contributed by atoms with van der Waals surface area (Å²) in [5, 5.41) is 9.19. The highest BCUT2D eigenvalue weighted by Gasteiger charge is 2.25. The Morgan fingerprint density at radius 3 is 2.33 bits per heavy atom. The van der Waals surface area contributed by atoms with Crippen LogP contribution in [0.25, 0.3) is 0 Å². The number of rotatable bonds is 3. The highest BCUT2D eigenvalue weighted by molar-refractivity contribution is 5.63. The van der Waals surface area contributed by atoms with Gasteiger partial charge in [0.25, 0.3) is 0 Å². The van der Waals surface area contributed by atoms with E-state index in [0.29, 0.717) is 5.92 Å². The van der Waals surface area contributed by atoms with Gasteiger partial charge in [0.2, 0.25) is 0 Å². The molecule has 1 aliphatic rings. The van der Waals surface area contributed by atoms with Crippen molar-refractivity contribution in [1.82, 2.24) is 0 Å². The molecule has 0 heterocycles. The Morgan fingerprint density at radius 1 is 1.20 bits per heavy atom. The number of phenols is 1. The van der Waals surface area contributed by atoms with Crippen molar-refractivity contribution in [2.24, 2.45) is 5.92 Å². The summed E-state index contributed by atoms with van der Waals surface area (Å²) in [5.74, 6) is 0.787. The molecule has 1 saturated carbocycles. The quantitative estimate of drug-likeness (QED) is 0.769. The average molecular weight is 204 g/mol. The molecular weight excluding hydrogens is 188 g/mol. The van der Waals surface area contributed by atoms with Crippen LogP contribution < -0.4 is 0 Å². The maximum absolute atomic E-state index is 11.1. The highest BCUT2D eigenvalue weighted by atomic mass is 16.3. The molecule has 2 nitrogen and oxygen atoms in total. The Morgan fingerprint density at radius 2 is 1.80 bits per heavy atom. The van der Waals surface area contributed by atoms with Gasteiger partial charge in [0, 0.05) is 5.92 Å². The second-order valence-corrected chi connectivity index (χ2v) is 4.30. The zero-order chi connectivity index (χ0) is 10.7. The molecule has 1 atom stereocenters. The number of hydrogen-bond donors (Lipinski definition) is 1. The molecule has 15 heavy (non-hydrogen) atoms. The summed E-state index contributed by atoms with van der Waals surface area (Å²) in [6, 6.07) is 7.01. The number of carbonyl (C=O) groups excluding carboxylic acids is 1. The first-order valence-corrected chi connectivity index (χ1v) is 5.55. The number of aromatic hydroxyl groups is 1. The van der Waals surface area contributed by atoms with Crippen LogP contribution >= 0.6 is 0 Å². The van der Waals surface area contributed by atoms with Gasteiger partial charge >= 0.3 is 0 Å². The molecule has 0 aromatic heterocycles. The van der Waals surface area contributed by atoms with E-state index in [1.807, 2.05) is 12.1 Å². The lowest BCUT2D eigenvalue weighted by atomic mass is 9.86. The van der Waals surface area contributed by atoms with Crippen LogP contribution in [-0.2, 0) is 4.79 Å². The molecule has 80 valence electrons. The number of carbonyl (C=O) groups is 1. The van der Waals surface area contributed by atoms with Crippen molar-refractivity contribution >= 4 is 6.29 Å². The van der Waals surface area contributed by atoms with Crippen LogP contribution in [0.4, 0.5) is 0 Å². The van der Waals surface area contributed by atoms with E-state index >= 15 is 0 Å². The van der Waals surface area contributed by atoms with Crippen molar-refractivity contribution in [2.75, 3.05) is 0 Å². The van der Waals surface area contributed by atoms with Gasteiger partial charge in [-0.1, -0.05) is 25.0 Å². The van der Waals surface area contributed by atoms with Gasteiger partial charge in [0.15, 0.2) is 0 Å². The maximum Gasteiger partial charge on any atom is 0.127 e. The smallest absolute Gasteiger partial charge is 0.127 e. The van der Waals surface area contributed by atoms with Crippen molar-refractivity contribution in [1.29, 1.82) is 0 Å². The average Bonchev–Trinajstić information content (AvgIpc) is 2.75. The van der Waals surface area contributed by atoms with Crippen LogP contribution in [0.2, 0.25) is 0 Å². The van der Waals surface area contributed by atoms with Crippen molar-refractivity contribution < 1.29 is 9.90 Å². The summed E-state index contributed by atoms with van der Waals surface area (Å²) < 4.78 is 0. The second-order valence-electron chi connectivity index (χ2n) is 4.30. The third-order valence-corrected chi connectivity index (χ3v) is 3.33. The summed E-state index contributed by atoms with van der Waals surface area (Å²) >= 11 is 0. The molecule has 0 aliphatic heterocycles. The maximum atomic E-state index is 11.1. The molecule has 2 rings (SSSR count). The number of aldehydes is 1. The van der Waals surface area contributed by atoms with E-state index in [1.165, 1.54) is 12.8 Å². The minimum Gasteiger partial charge on any atom is -0.508 e. The zero-order valence-electron chi connectivity index (χ0n) is 8.73. The van der Waals surface area contributed by atoms with E-state index in [-0.39, 0.29) is 11.7 Å². The summed E-state index contributed by atoms with van der Waals surface area (Å²) in [4.78, 5) is 11.1. The zero-order valence-corrected chi connectivity index (χ0v) is 8.73. The predicted molar refractivity (Wildman–Crippen MR) is 58.9 cm³/mol. The van der Waals surface area contributed by atoms with E-state index in [0.717, 1.165) is 24.7 Å². The Balaban J connectivity index is 2.18. The number of phenolic OH excluding ortho intramolecular Hbond substituents is 1. The summed E-state index contributed by atoms with van der Waals surface area (Å²) in [7, 11) is 0. The number of hydrogen-bond acceptors (Lipinski definition) is 2. The van der Waals surface area contributed by atoms with Gasteiger partial charge in [-0.05, 0) is 36.5 Å². The van der Waals surface area contributed by atoms with E-state index in [2.05, 4.69) is 0 Å². The van der Waals surface area contributed by atoms with Crippen molar-refractivity contribution in [2.45, 2.75) is 31.6 Å². The van der Waals surface area contributed by atoms with Gasteiger partial charge in [-0.15, -0.1) is 0 Å². The first-order chi connectivity index (χ1) is 7.31. The van der Waals surface area contributed by atoms with Gasteiger partial charge in [0.1, 0.15) is 12.0 Å². The van der Waals surface area contributed by atoms with Gasteiger partial charge in [0.05, 0.1) is 0 Å². The van der Waals surface area contributed by atoms with Crippen LogP contribution in [0.3, 0.4) is 0 Å². The molecule has 0 amide bonds. The van der Waals surface area contributed by atoms with E-state index in [9.17, 15) is 9.90 Å². The normalized spacial score (nSPS) is 18.9. The van der Waals surface area contributed by atoms with E-state index in [1.54, 1.807) is 12.1 Å². The van der Waals surface area contributed by atoms with Gasteiger partial charge in [-0.3, -0.25) is 0 Å². The van der Waals surface area contributed by atoms with Crippen LogP contribution in [0.15, 0.2) is 24.3 Å². The molecule has 1 N–H and O–H groups in total. The molecular formula is C13H16O2. The lowest BCUT2D eigenvalue weighted by Crippen LogP contribution is -2.10. The Hall–Kier alpha value is -1.31. The van der Waals surface area contributed by atoms with Gasteiger partial charge in [-0.2, -0.15) is 0 Å². The minimum absolute atomic E-state index is 0.0214. The van der Waals surface area contributed by atoms with Crippen LogP contribution in [-0.4, -0.2) is 11.4 Å². The Labute approximate surface area is 89.9 Å². The minimum atomic E-state index is 0.0214. The molecule has 1 unspecified atom stereocenters. The van der Waals surface area contributed by atoms with Crippen LogP contribution in [0, 0.1) is 5.92 Å². The lowest BCUT2D eigenvalue weighted by molar-refractivity contribution is -0.110. The topological polar surface area (TPSA) is 37.3 Å². The lowest BCUT2D eigenvalue weighted by Gasteiger charge is -2.17. The molecule has 1 aromatic rings. The van der Waals surface area contributed by atoms with Gasteiger partial charge in [-0.25, -0.2) is 0 Å². The fourth-order valence-corrected chi connectivity index (χ4v) is 2.47. The largest absolute Gasteiger partial charge is 0.508 e. The third kappa shape index (κ3) is 2.20. The first-order valence-electron chi connectivity index (χ1n) is 5.55. The molecule has 0 bridgehead atoms. The van der Waals surface area contributed by atoms with Gasteiger partial charge < -0.3 is 9.90 Å². The summed E-state index contributed by atoms with van der Waals surface area (Å²) in [6.45, 7) is 0. The molecule has 0 radical (unpaired) electrons. The Kier molecular flexibility index (Phi) is 3.05. The van der Waals surface area contributed by atoms with Crippen LogP contribution in [0.1, 0.15) is 37.2 Å². The Bertz CT molecular complexity index is 323. The third-order valence-electron chi connectivity index (χ3n) is 3.33. The molecule has 1 fully saturated rings. The SMILES string of the molecule is O=CC(c1ccc(O)cc1)C1CCCC1. The van der Waals surface area contributed by atoms with Crippen LogP contribution in [0.5, 0.6) is 5.75 Å². The standard InChI is InChI=1S/C13H16O2/c14-9-13(10-3-1-2-4-10)11-5-7-12(15)8-6-11/h5-10,13,15H,1-4H2. The predicted octanol–water partition coefficient (Wildman–Crippen LogP) is 2.86. The van der Waals surface area contributed by atoms with Crippen molar-refractivity contribution in [3.8, 4) is 5.75 Å². The molecule has 1 aliphatic carbocycles.